The number of nitrogens with one attached hydrogen (secondary N) is 1. The Morgan fingerprint density at radius 3 is 2.52 bits per heavy atom. The van der Waals surface area contributed by atoms with Crippen LogP contribution in [0.3, 0.4) is 0 Å². The van der Waals surface area contributed by atoms with Crippen LogP contribution in [0.5, 0.6) is 0 Å². The lowest BCUT2D eigenvalue weighted by Gasteiger charge is -2.26. The van der Waals surface area contributed by atoms with Crippen LogP contribution in [0.25, 0.3) is 0 Å². The van der Waals surface area contributed by atoms with E-state index < -0.39 is 35.4 Å². The Balaban J connectivity index is 2.52. The Labute approximate surface area is 129 Å². The van der Waals surface area contributed by atoms with Crippen LogP contribution in [-0.4, -0.2) is 19.0 Å². The van der Waals surface area contributed by atoms with Crippen LogP contribution in [0.2, 0.25) is 0 Å². The van der Waals surface area contributed by atoms with Gasteiger partial charge < -0.3 is 10.1 Å². The molecule has 0 spiro atoms. The number of hydrogen-bond donors (Lipinski definition) is 1. The lowest BCUT2D eigenvalue weighted by molar-refractivity contribution is -0.138. The maximum atomic E-state index is 14.2. The summed E-state index contributed by atoms with van der Waals surface area (Å²) in [4.78, 5) is 23.5. The van der Waals surface area contributed by atoms with E-state index in [4.69, 9.17) is 0 Å². The molecular weight excluding hydrogens is 318 g/mol. The van der Waals surface area contributed by atoms with Crippen molar-refractivity contribution in [1.82, 2.24) is 5.32 Å². The summed E-state index contributed by atoms with van der Waals surface area (Å²) in [5, 5.41) is 2.44. The van der Waals surface area contributed by atoms with E-state index in [2.05, 4.69) is 10.1 Å². The lowest BCUT2D eigenvalue weighted by atomic mass is 9.84. The summed E-state index contributed by atoms with van der Waals surface area (Å²) in [7, 11) is 1.12. The van der Waals surface area contributed by atoms with Crippen LogP contribution in [0.15, 0.2) is 29.5 Å². The van der Waals surface area contributed by atoms with Crippen LogP contribution >= 0.6 is 0 Å². The number of carbonyl (C=O) groups excluding carboxylic acids is 2. The van der Waals surface area contributed by atoms with Crippen molar-refractivity contribution >= 4 is 11.9 Å². The zero-order valence-electron chi connectivity index (χ0n) is 12.3. The molecule has 23 heavy (non-hydrogen) atoms. The van der Waals surface area contributed by atoms with E-state index in [-0.39, 0.29) is 23.3 Å². The summed E-state index contributed by atoms with van der Waals surface area (Å²) >= 11 is 0. The van der Waals surface area contributed by atoms with Gasteiger partial charge in [0.1, 0.15) is 5.82 Å². The number of carbonyl (C=O) groups is 2. The summed E-state index contributed by atoms with van der Waals surface area (Å²) < 4.78 is 56.6. The number of amides is 1. The van der Waals surface area contributed by atoms with E-state index in [9.17, 15) is 27.2 Å². The molecule has 0 radical (unpaired) electrons. The van der Waals surface area contributed by atoms with E-state index >= 15 is 0 Å². The molecule has 2 rings (SSSR count). The molecule has 1 aliphatic heterocycles. The van der Waals surface area contributed by atoms with Crippen molar-refractivity contribution in [3.05, 3.63) is 46.4 Å². The molecule has 0 bridgehead atoms. The van der Waals surface area contributed by atoms with E-state index in [1.807, 2.05) is 0 Å². The largest absolute Gasteiger partial charge is 0.466 e. The fourth-order valence-electron chi connectivity index (χ4n) is 2.53. The van der Waals surface area contributed by atoms with Gasteiger partial charge >= 0.3 is 12.1 Å². The highest BCUT2D eigenvalue weighted by Crippen LogP contribution is 2.37. The molecule has 1 heterocycles. The number of ether oxygens (including phenoxy) is 1. The molecular formula is C15H13F4NO3. The van der Waals surface area contributed by atoms with Crippen molar-refractivity contribution in [1.29, 1.82) is 0 Å². The monoisotopic (exact) mass is 331 g/mol. The predicted molar refractivity (Wildman–Crippen MR) is 71.6 cm³/mol. The Hall–Kier alpha value is -2.38. The second-order valence-corrected chi connectivity index (χ2v) is 5.07. The number of benzene rings is 1. The quantitative estimate of drug-likeness (QED) is 0.670. The van der Waals surface area contributed by atoms with Crippen LogP contribution in [0, 0.1) is 5.82 Å². The Bertz CT molecular complexity index is 694. The van der Waals surface area contributed by atoms with Gasteiger partial charge in [0.15, 0.2) is 0 Å². The zero-order chi connectivity index (χ0) is 17.4. The fraction of sp³-hybridized carbons (Fsp3) is 0.333. The molecule has 0 aromatic heterocycles. The number of esters is 1. The summed E-state index contributed by atoms with van der Waals surface area (Å²) in [6.07, 6.45) is -4.94. The number of halogens is 4. The molecule has 1 aliphatic rings. The molecule has 124 valence electrons. The third kappa shape index (κ3) is 3.35. The van der Waals surface area contributed by atoms with Gasteiger partial charge in [-0.15, -0.1) is 0 Å². The number of methoxy groups -OCH3 is 1. The first-order valence-corrected chi connectivity index (χ1v) is 6.60. The van der Waals surface area contributed by atoms with Crippen LogP contribution in [0.4, 0.5) is 17.6 Å². The third-order valence-corrected chi connectivity index (χ3v) is 3.58. The molecule has 1 N–H and O–H groups in total. The van der Waals surface area contributed by atoms with Gasteiger partial charge in [-0.1, -0.05) is 6.07 Å². The smallest absolute Gasteiger partial charge is 0.416 e. The van der Waals surface area contributed by atoms with Crippen molar-refractivity contribution in [3.8, 4) is 0 Å². The second kappa shape index (κ2) is 6.02. The highest BCUT2D eigenvalue weighted by atomic mass is 19.4. The molecule has 0 saturated heterocycles. The second-order valence-electron chi connectivity index (χ2n) is 5.07. The molecule has 1 unspecified atom stereocenters. The summed E-state index contributed by atoms with van der Waals surface area (Å²) in [6.45, 7) is 1.44. The summed E-state index contributed by atoms with van der Waals surface area (Å²) in [6, 6.07) is 2.01. The number of hydrogen-bond acceptors (Lipinski definition) is 3. The highest BCUT2D eigenvalue weighted by Gasteiger charge is 2.36. The molecule has 0 fully saturated rings. The van der Waals surface area contributed by atoms with E-state index in [1.165, 1.54) is 6.92 Å². The predicted octanol–water partition coefficient (Wildman–Crippen LogP) is 2.90. The molecule has 0 saturated carbocycles. The highest BCUT2D eigenvalue weighted by molar-refractivity contribution is 5.95. The molecule has 1 aromatic rings. The number of rotatable bonds is 2. The van der Waals surface area contributed by atoms with Gasteiger partial charge in [0.25, 0.3) is 0 Å². The first-order valence-electron chi connectivity index (χ1n) is 6.60. The van der Waals surface area contributed by atoms with Gasteiger partial charge in [0, 0.05) is 18.0 Å². The fourth-order valence-corrected chi connectivity index (χ4v) is 2.53. The third-order valence-electron chi connectivity index (χ3n) is 3.58. The standard InChI is InChI=1S/C15H13F4NO3/c1-7-13(14(22)23-2)10(6-12(21)20-7)9-4-3-8(5-11(9)16)15(17,18)19/h3-5,10H,6H2,1-2H3,(H,20,21). The average Bonchev–Trinajstić information content (AvgIpc) is 2.44. The lowest BCUT2D eigenvalue weighted by Crippen LogP contribution is -2.34. The summed E-state index contributed by atoms with van der Waals surface area (Å²) in [5.74, 6) is -3.36. The van der Waals surface area contributed by atoms with Crippen LogP contribution in [0.1, 0.15) is 30.4 Å². The van der Waals surface area contributed by atoms with Crippen molar-refractivity contribution in [2.24, 2.45) is 0 Å². The molecule has 8 heteroatoms. The molecule has 0 aliphatic carbocycles. The van der Waals surface area contributed by atoms with Crippen molar-refractivity contribution in [2.45, 2.75) is 25.4 Å². The van der Waals surface area contributed by atoms with Crippen molar-refractivity contribution < 1.29 is 31.9 Å². The Morgan fingerprint density at radius 2 is 2.00 bits per heavy atom. The number of alkyl halides is 3. The SMILES string of the molecule is COC(=O)C1=C(C)NC(=O)CC1c1ccc(C(F)(F)F)cc1F. The average molecular weight is 331 g/mol. The number of allylic oxidation sites excluding steroid dienone is 1. The van der Waals surface area contributed by atoms with Crippen molar-refractivity contribution in [3.63, 3.8) is 0 Å². The van der Waals surface area contributed by atoms with Gasteiger partial charge in [0.2, 0.25) is 5.91 Å². The summed E-state index contributed by atoms with van der Waals surface area (Å²) in [5.41, 5.74) is -1.09. The van der Waals surface area contributed by atoms with Gasteiger partial charge in [-0.05, 0) is 24.6 Å². The maximum Gasteiger partial charge on any atom is 0.416 e. The first kappa shape index (κ1) is 17.0. The van der Waals surface area contributed by atoms with Gasteiger partial charge in [-0.25, -0.2) is 9.18 Å². The van der Waals surface area contributed by atoms with Gasteiger partial charge in [-0.2, -0.15) is 13.2 Å². The van der Waals surface area contributed by atoms with Crippen LogP contribution < -0.4 is 5.32 Å². The molecule has 1 aromatic carbocycles. The normalized spacial score (nSPS) is 18.7. The maximum absolute atomic E-state index is 14.2. The molecule has 1 atom stereocenters. The van der Waals surface area contributed by atoms with Gasteiger partial charge in [0.05, 0.1) is 18.2 Å². The van der Waals surface area contributed by atoms with Gasteiger partial charge in [-0.3, -0.25) is 4.79 Å². The van der Waals surface area contributed by atoms with E-state index in [0.717, 1.165) is 19.2 Å². The van der Waals surface area contributed by atoms with Crippen LogP contribution in [-0.2, 0) is 20.5 Å². The van der Waals surface area contributed by atoms with Crippen molar-refractivity contribution in [2.75, 3.05) is 7.11 Å². The topological polar surface area (TPSA) is 55.4 Å². The minimum Gasteiger partial charge on any atom is -0.466 e. The molecule has 4 nitrogen and oxygen atoms in total. The Morgan fingerprint density at radius 1 is 1.35 bits per heavy atom. The minimum absolute atomic E-state index is 0.0192. The minimum atomic E-state index is -4.68. The zero-order valence-corrected chi connectivity index (χ0v) is 12.3. The van der Waals surface area contributed by atoms with E-state index in [1.54, 1.807) is 0 Å². The Kier molecular flexibility index (Phi) is 4.44. The molecule has 1 amide bonds. The first-order chi connectivity index (χ1) is 10.6. The van der Waals surface area contributed by atoms with E-state index in [0.29, 0.717) is 6.07 Å².